The molecule has 1 N–H and O–H groups in total. The van der Waals surface area contributed by atoms with Gasteiger partial charge in [0.1, 0.15) is 0 Å². The third-order valence-electron chi connectivity index (χ3n) is 5.78. The first-order valence-corrected chi connectivity index (χ1v) is 10.3. The Hall–Kier alpha value is -2.91. The van der Waals surface area contributed by atoms with Gasteiger partial charge in [0.05, 0.1) is 5.92 Å². The summed E-state index contributed by atoms with van der Waals surface area (Å²) in [6, 6.07) is 31.3. The van der Waals surface area contributed by atoms with Gasteiger partial charge in [0.2, 0.25) is 5.91 Å². The number of hydrogen-bond donors (Lipinski definition) is 1. The van der Waals surface area contributed by atoms with Gasteiger partial charge in [-0.3, -0.25) is 4.79 Å². The summed E-state index contributed by atoms with van der Waals surface area (Å²) in [7, 11) is 2.09. The van der Waals surface area contributed by atoms with Crippen molar-refractivity contribution < 1.29 is 4.79 Å². The molecule has 3 aromatic carbocycles. The van der Waals surface area contributed by atoms with Gasteiger partial charge in [0.15, 0.2) is 0 Å². The lowest BCUT2D eigenvalue weighted by molar-refractivity contribution is -0.122. The monoisotopic (exact) mass is 384 g/mol. The first-order valence-electron chi connectivity index (χ1n) is 10.3. The van der Waals surface area contributed by atoms with Crippen LogP contribution in [0.3, 0.4) is 0 Å². The van der Waals surface area contributed by atoms with E-state index in [4.69, 9.17) is 0 Å². The highest BCUT2D eigenvalue weighted by Crippen LogP contribution is 2.60. The van der Waals surface area contributed by atoms with Crippen LogP contribution in [0, 0.1) is 5.92 Å². The summed E-state index contributed by atoms with van der Waals surface area (Å²) in [5, 5.41) is 3.18. The Morgan fingerprint density at radius 3 is 1.79 bits per heavy atom. The molecule has 0 radical (unpaired) electrons. The van der Waals surface area contributed by atoms with E-state index in [1.165, 1.54) is 16.7 Å². The van der Waals surface area contributed by atoms with Gasteiger partial charge < -0.3 is 10.2 Å². The Morgan fingerprint density at radius 2 is 1.28 bits per heavy atom. The van der Waals surface area contributed by atoms with Crippen LogP contribution in [0.1, 0.15) is 28.5 Å². The minimum absolute atomic E-state index is 0.0132. The predicted octanol–water partition coefficient (Wildman–Crippen LogP) is 4.43. The van der Waals surface area contributed by atoms with Gasteiger partial charge >= 0.3 is 0 Å². The molecule has 0 saturated heterocycles. The van der Waals surface area contributed by atoms with E-state index in [0.717, 1.165) is 13.1 Å². The average molecular weight is 385 g/mol. The Morgan fingerprint density at radius 1 is 0.793 bits per heavy atom. The van der Waals surface area contributed by atoms with Crippen molar-refractivity contribution in [1.82, 2.24) is 10.2 Å². The van der Waals surface area contributed by atoms with Gasteiger partial charge in [0, 0.05) is 31.5 Å². The largest absolute Gasteiger partial charge is 0.355 e. The molecule has 4 rings (SSSR count). The number of benzene rings is 3. The van der Waals surface area contributed by atoms with E-state index in [2.05, 4.69) is 90.1 Å². The molecule has 0 spiro atoms. The van der Waals surface area contributed by atoms with Gasteiger partial charge in [-0.1, -0.05) is 91.0 Å². The highest BCUT2D eigenvalue weighted by Gasteiger charge is 2.55. The molecule has 0 aromatic heterocycles. The molecule has 3 nitrogen and oxygen atoms in total. The lowest BCUT2D eigenvalue weighted by Crippen LogP contribution is -2.34. The van der Waals surface area contributed by atoms with E-state index in [0.29, 0.717) is 6.54 Å². The van der Waals surface area contributed by atoms with Crippen molar-refractivity contribution in [3.05, 3.63) is 108 Å². The number of rotatable bonds is 8. The molecular formula is C26H28N2O. The molecule has 3 heteroatoms. The fourth-order valence-corrected chi connectivity index (χ4v) is 4.28. The van der Waals surface area contributed by atoms with Crippen LogP contribution < -0.4 is 5.32 Å². The Kier molecular flexibility index (Phi) is 6.06. The van der Waals surface area contributed by atoms with Crippen molar-refractivity contribution in [2.75, 3.05) is 20.1 Å². The average Bonchev–Trinajstić information content (AvgIpc) is 3.51. The maximum Gasteiger partial charge on any atom is 0.224 e. The molecule has 0 aliphatic heterocycles. The van der Waals surface area contributed by atoms with Gasteiger partial charge in [-0.05, 0) is 23.7 Å². The third kappa shape index (κ3) is 4.75. The van der Waals surface area contributed by atoms with Gasteiger partial charge in [-0.15, -0.1) is 0 Å². The number of likely N-dealkylation sites (N-methyl/N-ethyl adjacent to an activating group) is 1. The molecule has 0 bridgehead atoms. The highest BCUT2D eigenvalue weighted by molar-refractivity contribution is 5.85. The minimum atomic E-state index is 0.0132. The van der Waals surface area contributed by atoms with Crippen molar-refractivity contribution in [1.29, 1.82) is 0 Å². The lowest BCUT2D eigenvalue weighted by atomic mass is 10.0. The van der Waals surface area contributed by atoms with Gasteiger partial charge in [-0.2, -0.15) is 0 Å². The number of carbonyl (C=O) groups is 1. The van der Waals surface area contributed by atoms with Crippen molar-refractivity contribution in [2.24, 2.45) is 5.92 Å². The van der Waals surface area contributed by atoms with Gasteiger partial charge in [-0.25, -0.2) is 0 Å². The number of nitrogens with one attached hydrogen (secondary N) is 1. The number of amides is 1. The maximum absolute atomic E-state index is 13.0. The fraction of sp³-hybridized carbons (Fsp3) is 0.269. The van der Waals surface area contributed by atoms with Crippen LogP contribution in [-0.4, -0.2) is 30.9 Å². The summed E-state index contributed by atoms with van der Waals surface area (Å²) in [4.78, 5) is 15.2. The van der Waals surface area contributed by atoms with Crippen LogP contribution >= 0.6 is 0 Å². The SMILES string of the molecule is CN(CCNC(=O)C1C(c2ccccc2)C1c1ccccc1)Cc1ccccc1. The normalized spacial score (nSPS) is 20.4. The summed E-state index contributed by atoms with van der Waals surface area (Å²) in [5.41, 5.74) is 3.79. The Balaban J connectivity index is 1.35. The first kappa shape index (κ1) is 19.4. The molecule has 2 atom stereocenters. The molecule has 29 heavy (non-hydrogen) atoms. The molecule has 1 amide bonds. The molecule has 1 fully saturated rings. The third-order valence-corrected chi connectivity index (χ3v) is 5.78. The van der Waals surface area contributed by atoms with Crippen LogP contribution in [-0.2, 0) is 11.3 Å². The lowest BCUT2D eigenvalue weighted by Gasteiger charge is -2.17. The van der Waals surface area contributed by atoms with Crippen LogP contribution in [0.15, 0.2) is 91.0 Å². The second-order valence-corrected chi connectivity index (χ2v) is 7.91. The van der Waals surface area contributed by atoms with Crippen LogP contribution in [0.5, 0.6) is 0 Å². The second-order valence-electron chi connectivity index (χ2n) is 7.91. The maximum atomic E-state index is 13.0. The zero-order chi connectivity index (χ0) is 20.1. The standard InChI is InChI=1S/C26H28N2O/c1-28(19-20-11-5-2-6-12-20)18-17-27-26(29)25-23(21-13-7-3-8-14-21)24(25)22-15-9-4-10-16-22/h2-16,23-25H,17-19H2,1H3,(H,27,29). The van der Waals surface area contributed by atoms with Crippen molar-refractivity contribution >= 4 is 5.91 Å². The summed E-state index contributed by atoms with van der Waals surface area (Å²) in [5.74, 6) is 0.710. The summed E-state index contributed by atoms with van der Waals surface area (Å²) >= 11 is 0. The Labute approximate surface area is 173 Å². The van der Waals surface area contributed by atoms with Crippen LogP contribution in [0.25, 0.3) is 0 Å². The molecule has 0 heterocycles. The van der Waals surface area contributed by atoms with E-state index in [1.54, 1.807) is 0 Å². The van der Waals surface area contributed by atoms with E-state index >= 15 is 0 Å². The molecule has 2 unspecified atom stereocenters. The molecular weight excluding hydrogens is 356 g/mol. The highest BCUT2D eigenvalue weighted by atomic mass is 16.2. The van der Waals surface area contributed by atoms with E-state index in [9.17, 15) is 4.79 Å². The first-order chi connectivity index (χ1) is 14.2. The molecule has 1 aliphatic carbocycles. The van der Waals surface area contributed by atoms with E-state index in [1.807, 2.05) is 18.2 Å². The predicted molar refractivity (Wildman–Crippen MR) is 118 cm³/mol. The van der Waals surface area contributed by atoms with Crippen molar-refractivity contribution in [2.45, 2.75) is 18.4 Å². The smallest absolute Gasteiger partial charge is 0.224 e. The van der Waals surface area contributed by atoms with E-state index in [-0.39, 0.29) is 23.7 Å². The molecule has 148 valence electrons. The van der Waals surface area contributed by atoms with Crippen molar-refractivity contribution in [3.8, 4) is 0 Å². The zero-order valence-corrected chi connectivity index (χ0v) is 16.9. The fourth-order valence-electron chi connectivity index (χ4n) is 4.28. The summed E-state index contributed by atoms with van der Waals surface area (Å²) < 4.78 is 0. The van der Waals surface area contributed by atoms with E-state index < -0.39 is 0 Å². The quantitative estimate of drug-likeness (QED) is 0.623. The van der Waals surface area contributed by atoms with Gasteiger partial charge in [0.25, 0.3) is 0 Å². The summed E-state index contributed by atoms with van der Waals surface area (Å²) in [6.45, 7) is 2.39. The van der Waals surface area contributed by atoms with Crippen LogP contribution in [0.4, 0.5) is 0 Å². The topological polar surface area (TPSA) is 32.3 Å². The summed E-state index contributed by atoms with van der Waals surface area (Å²) in [6.07, 6.45) is 0. The molecule has 1 saturated carbocycles. The van der Waals surface area contributed by atoms with Crippen LogP contribution in [0.2, 0.25) is 0 Å². The zero-order valence-electron chi connectivity index (χ0n) is 16.9. The second kappa shape index (κ2) is 9.06. The Bertz CT molecular complexity index is 866. The number of carbonyl (C=O) groups excluding carboxylic acids is 1. The molecule has 3 aromatic rings. The van der Waals surface area contributed by atoms with Crippen molar-refractivity contribution in [3.63, 3.8) is 0 Å². The molecule has 1 aliphatic rings. The number of hydrogen-bond acceptors (Lipinski definition) is 2. The minimum Gasteiger partial charge on any atom is -0.355 e. The number of nitrogens with zero attached hydrogens (tertiary/aromatic N) is 1.